The molecule has 27 heavy (non-hydrogen) atoms. The molecule has 1 amide bonds. The van der Waals surface area contributed by atoms with Crippen LogP contribution in [0.25, 0.3) is 0 Å². The third kappa shape index (κ3) is 5.19. The zero-order chi connectivity index (χ0) is 19.4. The molecule has 0 unspecified atom stereocenters. The van der Waals surface area contributed by atoms with Crippen LogP contribution >= 0.6 is 11.6 Å². The topological polar surface area (TPSA) is 70.9 Å². The lowest BCUT2D eigenvalue weighted by Gasteiger charge is -2.31. The van der Waals surface area contributed by atoms with Gasteiger partial charge >= 0.3 is 0 Å². The summed E-state index contributed by atoms with van der Waals surface area (Å²) >= 11 is 5.71. The molecule has 0 aromatic heterocycles. The van der Waals surface area contributed by atoms with Gasteiger partial charge in [-0.15, -0.1) is 0 Å². The SMILES string of the molecule is O=C(C[NH+]1CCN(S(=O)(=O)c2ccc(F)c(Cl)c2)CC1)NC1CCCCC1. The lowest BCUT2D eigenvalue weighted by Crippen LogP contribution is -3.15. The van der Waals surface area contributed by atoms with E-state index in [4.69, 9.17) is 11.6 Å². The van der Waals surface area contributed by atoms with Crippen molar-refractivity contribution in [2.24, 2.45) is 0 Å². The molecule has 0 atom stereocenters. The number of carbonyl (C=O) groups is 1. The molecule has 0 spiro atoms. The third-order valence-electron chi connectivity index (χ3n) is 5.34. The monoisotopic (exact) mass is 418 g/mol. The smallest absolute Gasteiger partial charge is 0.275 e. The summed E-state index contributed by atoms with van der Waals surface area (Å²) in [6, 6.07) is 3.72. The second kappa shape index (κ2) is 8.86. The first kappa shape index (κ1) is 20.5. The molecule has 3 rings (SSSR count). The highest BCUT2D eigenvalue weighted by molar-refractivity contribution is 7.89. The van der Waals surface area contributed by atoms with Crippen LogP contribution in [0.1, 0.15) is 32.1 Å². The molecule has 2 N–H and O–H groups in total. The van der Waals surface area contributed by atoms with Gasteiger partial charge in [-0.05, 0) is 31.0 Å². The molecule has 1 aliphatic carbocycles. The van der Waals surface area contributed by atoms with E-state index in [0.717, 1.165) is 29.9 Å². The van der Waals surface area contributed by atoms with Crippen molar-refractivity contribution in [2.45, 2.75) is 43.0 Å². The van der Waals surface area contributed by atoms with Gasteiger partial charge in [0.05, 0.1) is 36.1 Å². The molecule has 1 aliphatic heterocycles. The van der Waals surface area contributed by atoms with Gasteiger partial charge < -0.3 is 10.2 Å². The maximum Gasteiger partial charge on any atom is 0.275 e. The van der Waals surface area contributed by atoms with Crippen molar-refractivity contribution in [1.29, 1.82) is 0 Å². The fourth-order valence-corrected chi connectivity index (χ4v) is 5.47. The van der Waals surface area contributed by atoms with E-state index in [1.165, 1.54) is 29.6 Å². The summed E-state index contributed by atoms with van der Waals surface area (Å²) < 4.78 is 40.1. The average molecular weight is 419 g/mol. The number of piperazine rings is 1. The molecule has 1 saturated carbocycles. The van der Waals surface area contributed by atoms with Gasteiger partial charge in [0, 0.05) is 6.04 Å². The number of nitrogens with zero attached hydrogens (tertiary/aromatic N) is 1. The molecule has 2 aliphatic rings. The highest BCUT2D eigenvalue weighted by Gasteiger charge is 2.31. The largest absolute Gasteiger partial charge is 0.348 e. The van der Waals surface area contributed by atoms with Crippen LogP contribution in [0, 0.1) is 5.82 Å². The zero-order valence-corrected chi connectivity index (χ0v) is 16.8. The highest BCUT2D eigenvalue weighted by atomic mass is 35.5. The van der Waals surface area contributed by atoms with Crippen LogP contribution in [0.4, 0.5) is 4.39 Å². The average Bonchev–Trinajstić information content (AvgIpc) is 2.65. The molecule has 9 heteroatoms. The number of nitrogens with one attached hydrogen (secondary N) is 2. The highest BCUT2D eigenvalue weighted by Crippen LogP contribution is 2.22. The number of halogens is 2. The standard InChI is InChI=1S/C18H25ClFN3O3S/c19-16-12-15(6-7-17(16)20)27(25,26)23-10-8-22(9-11-23)13-18(24)21-14-4-2-1-3-5-14/h6-7,12,14H,1-5,8-11,13H2,(H,21,24)/p+1. The van der Waals surface area contributed by atoms with Crippen molar-refractivity contribution in [3.8, 4) is 0 Å². The van der Waals surface area contributed by atoms with Gasteiger partial charge in [0.2, 0.25) is 10.0 Å². The second-order valence-electron chi connectivity index (χ2n) is 7.31. The summed E-state index contributed by atoms with van der Waals surface area (Å²) in [5.74, 6) is -0.604. The maximum absolute atomic E-state index is 13.3. The summed E-state index contributed by atoms with van der Waals surface area (Å²) in [6.45, 7) is 2.14. The molecule has 2 fully saturated rings. The van der Waals surface area contributed by atoms with Crippen molar-refractivity contribution in [1.82, 2.24) is 9.62 Å². The van der Waals surface area contributed by atoms with Crippen LogP contribution in [-0.2, 0) is 14.8 Å². The number of carbonyl (C=O) groups excluding carboxylic acids is 1. The van der Waals surface area contributed by atoms with Crippen molar-refractivity contribution in [3.63, 3.8) is 0 Å². The predicted molar refractivity (Wildman–Crippen MR) is 101 cm³/mol. The molecule has 0 bridgehead atoms. The second-order valence-corrected chi connectivity index (χ2v) is 9.65. The molecule has 0 radical (unpaired) electrons. The van der Waals surface area contributed by atoms with E-state index in [0.29, 0.717) is 32.7 Å². The third-order valence-corrected chi connectivity index (χ3v) is 7.52. The Hall–Kier alpha value is -1.22. The molecule has 1 aromatic carbocycles. The van der Waals surface area contributed by atoms with E-state index in [9.17, 15) is 17.6 Å². The molecule has 150 valence electrons. The fraction of sp³-hybridized carbons (Fsp3) is 0.611. The minimum Gasteiger partial charge on any atom is -0.348 e. The van der Waals surface area contributed by atoms with Crippen LogP contribution in [0.15, 0.2) is 23.1 Å². The van der Waals surface area contributed by atoms with Crippen LogP contribution in [0.2, 0.25) is 5.02 Å². The van der Waals surface area contributed by atoms with E-state index in [2.05, 4.69) is 5.32 Å². The predicted octanol–water partition coefficient (Wildman–Crippen LogP) is 0.817. The number of rotatable bonds is 5. The number of hydrogen-bond acceptors (Lipinski definition) is 3. The number of amides is 1. The molecular formula is C18H26ClFN3O3S+. The molecule has 6 nitrogen and oxygen atoms in total. The Labute approximate surface area is 164 Å². The summed E-state index contributed by atoms with van der Waals surface area (Å²) in [6.07, 6.45) is 5.68. The van der Waals surface area contributed by atoms with Crippen LogP contribution < -0.4 is 10.2 Å². The lowest BCUT2D eigenvalue weighted by atomic mass is 9.95. The van der Waals surface area contributed by atoms with Gasteiger partial charge in [0.1, 0.15) is 5.82 Å². The Bertz CT molecular complexity index is 776. The lowest BCUT2D eigenvalue weighted by molar-refractivity contribution is -0.895. The number of benzene rings is 1. The first-order valence-electron chi connectivity index (χ1n) is 9.44. The van der Waals surface area contributed by atoms with Gasteiger partial charge in [0.15, 0.2) is 6.54 Å². The first-order chi connectivity index (χ1) is 12.9. The van der Waals surface area contributed by atoms with Crippen molar-refractivity contribution >= 4 is 27.5 Å². The van der Waals surface area contributed by atoms with Crippen LogP contribution in [0.5, 0.6) is 0 Å². The van der Waals surface area contributed by atoms with E-state index in [1.54, 1.807) is 0 Å². The number of quaternary nitrogens is 1. The summed E-state index contributed by atoms with van der Waals surface area (Å²) in [5.41, 5.74) is 0. The zero-order valence-electron chi connectivity index (χ0n) is 15.2. The normalized spacial score (nSPS) is 20.5. The van der Waals surface area contributed by atoms with Crippen molar-refractivity contribution in [3.05, 3.63) is 29.0 Å². The minimum absolute atomic E-state index is 0.00704. The van der Waals surface area contributed by atoms with Gasteiger partial charge in [-0.3, -0.25) is 4.79 Å². The quantitative estimate of drug-likeness (QED) is 0.743. The van der Waals surface area contributed by atoms with Gasteiger partial charge in [-0.25, -0.2) is 12.8 Å². The molecule has 1 aromatic rings. The molecule has 1 heterocycles. The van der Waals surface area contributed by atoms with Crippen molar-refractivity contribution in [2.75, 3.05) is 32.7 Å². The van der Waals surface area contributed by atoms with E-state index < -0.39 is 15.8 Å². The van der Waals surface area contributed by atoms with Crippen LogP contribution in [-0.4, -0.2) is 57.4 Å². The summed E-state index contributed by atoms with van der Waals surface area (Å²) in [7, 11) is -3.71. The van der Waals surface area contributed by atoms with Gasteiger partial charge in [0.25, 0.3) is 5.91 Å². The van der Waals surface area contributed by atoms with Gasteiger partial charge in [-0.2, -0.15) is 4.31 Å². The summed E-state index contributed by atoms with van der Waals surface area (Å²) in [5, 5.41) is 2.89. The number of hydrogen-bond donors (Lipinski definition) is 2. The Morgan fingerprint density at radius 1 is 1.22 bits per heavy atom. The van der Waals surface area contributed by atoms with Crippen molar-refractivity contribution < 1.29 is 22.5 Å². The number of sulfonamides is 1. The minimum atomic E-state index is -3.71. The molecule has 1 saturated heterocycles. The van der Waals surface area contributed by atoms with Gasteiger partial charge in [-0.1, -0.05) is 30.9 Å². The molecular weight excluding hydrogens is 393 g/mol. The first-order valence-corrected chi connectivity index (χ1v) is 11.3. The Morgan fingerprint density at radius 3 is 2.52 bits per heavy atom. The Morgan fingerprint density at radius 2 is 1.89 bits per heavy atom. The fourth-order valence-electron chi connectivity index (χ4n) is 3.76. The van der Waals surface area contributed by atoms with Crippen LogP contribution in [0.3, 0.4) is 0 Å². The maximum atomic E-state index is 13.3. The van der Waals surface area contributed by atoms with E-state index in [1.807, 2.05) is 0 Å². The Balaban J connectivity index is 1.51. The van der Waals surface area contributed by atoms with E-state index in [-0.39, 0.29) is 21.9 Å². The Kier molecular flexibility index (Phi) is 6.73. The summed E-state index contributed by atoms with van der Waals surface area (Å²) in [4.78, 5) is 13.3. The van der Waals surface area contributed by atoms with E-state index >= 15 is 0 Å².